The van der Waals surface area contributed by atoms with Gasteiger partial charge < -0.3 is 5.32 Å². The summed E-state index contributed by atoms with van der Waals surface area (Å²) in [7, 11) is 2.05. The molecule has 1 aromatic rings. The molecule has 1 aliphatic rings. The number of nitrogens with one attached hydrogen (secondary N) is 1. The van der Waals surface area contributed by atoms with Gasteiger partial charge in [0.2, 0.25) is 0 Å². The Morgan fingerprint density at radius 3 is 2.69 bits per heavy atom. The molecular weight excluding hydrogens is 330 g/mol. The lowest BCUT2D eigenvalue weighted by Crippen LogP contribution is -2.23. The van der Waals surface area contributed by atoms with Gasteiger partial charge in [-0.3, -0.25) is 0 Å². The van der Waals surface area contributed by atoms with Crippen LogP contribution in [0.4, 0.5) is 0 Å². The second-order valence-corrected chi connectivity index (χ2v) is 6.31. The highest BCUT2D eigenvalue weighted by Crippen LogP contribution is 2.37. The monoisotopic (exact) mass is 345 g/mol. The average Bonchev–Trinajstić information content (AvgIpc) is 2.21. The van der Waals surface area contributed by atoms with Crippen LogP contribution in [0.2, 0.25) is 0 Å². The van der Waals surface area contributed by atoms with E-state index in [9.17, 15) is 0 Å². The highest BCUT2D eigenvalue weighted by atomic mass is 79.9. The van der Waals surface area contributed by atoms with Crippen LogP contribution in [0.15, 0.2) is 27.1 Å². The maximum absolute atomic E-state index is 3.64. The second kappa shape index (κ2) is 5.65. The molecule has 16 heavy (non-hydrogen) atoms. The Hall–Kier alpha value is 0.140. The van der Waals surface area contributed by atoms with Crippen molar-refractivity contribution in [1.82, 2.24) is 5.32 Å². The molecule has 0 saturated heterocycles. The highest BCUT2D eigenvalue weighted by molar-refractivity contribution is 9.11. The van der Waals surface area contributed by atoms with Crippen molar-refractivity contribution in [2.75, 3.05) is 7.05 Å². The number of hydrogen-bond acceptors (Lipinski definition) is 1. The molecule has 1 nitrogen and oxygen atoms in total. The van der Waals surface area contributed by atoms with Crippen LogP contribution in [0.25, 0.3) is 0 Å². The lowest BCUT2D eigenvalue weighted by Gasteiger charge is -2.30. The molecular formula is C13H17Br2N. The fourth-order valence-electron chi connectivity index (χ4n) is 2.24. The van der Waals surface area contributed by atoms with Crippen molar-refractivity contribution < 1.29 is 0 Å². The summed E-state index contributed by atoms with van der Waals surface area (Å²) in [6.07, 6.45) is 5.49. The van der Waals surface area contributed by atoms with Crippen LogP contribution in [0, 0.1) is 5.92 Å². The Bertz CT molecular complexity index is 361. The van der Waals surface area contributed by atoms with E-state index in [1.807, 2.05) is 0 Å². The predicted molar refractivity (Wildman–Crippen MR) is 75.6 cm³/mol. The Kier molecular flexibility index (Phi) is 4.45. The van der Waals surface area contributed by atoms with Gasteiger partial charge in [-0.1, -0.05) is 51.1 Å². The first-order chi connectivity index (χ1) is 7.70. The van der Waals surface area contributed by atoms with Crippen LogP contribution < -0.4 is 5.32 Å². The minimum Gasteiger partial charge on any atom is -0.313 e. The predicted octanol–water partition coefficient (Wildman–Crippen LogP) is 4.66. The number of halogens is 2. The molecule has 1 saturated carbocycles. The minimum absolute atomic E-state index is 0.470. The first-order valence-corrected chi connectivity index (χ1v) is 7.41. The summed E-state index contributed by atoms with van der Waals surface area (Å²) in [6.45, 7) is 0. The Labute approximate surface area is 114 Å². The van der Waals surface area contributed by atoms with E-state index in [1.165, 1.54) is 35.7 Å². The molecule has 0 amide bonds. The van der Waals surface area contributed by atoms with Gasteiger partial charge in [0.25, 0.3) is 0 Å². The molecule has 1 N–H and O–H groups in total. The molecule has 1 aromatic carbocycles. The van der Waals surface area contributed by atoms with Crippen LogP contribution >= 0.6 is 31.9 Å². The van der Waals surface area contributed by atoms with Gasteiger partial charge in [-0.2, -0.15) is 0 Å². The molecule has 0 aliphatic heterocycles. The summed E-state index contributed by atoms with van der Waals surface area (Å²) >= 11 is 7.18. The van der Waals surface area contributed by atoms with Gasteiger partial charge in [0.1, 0.15) is 0 Å². The maximum Gasteiger partial charge on any atom is 0.0331 e. The first kappa shape index (κ1) is 12.6. The third kappa shape index (κ3) is 2.88. The standard InChI is InChI=1S/C13H17Br2N/c1-16-13(7-9-3-2-4-9)11-8-10(14)5-6-12(11)15/h5-6,8-9,13,16H,2-4,7H2,1H3. The second-order valence-electron chi connectivity index (χ2n) is 4.54. The molecule has 1 unspecified atom stereocenters. The van der Waals surface area contributed by atoms with Crippen molar-refractivity contribution in [1.29, 1.82) is 0 Å². The van der Waals surface area contributed by atoms with Crippen molar-refractivity contribution >= 4 is 31.9 Å². The molecule has 2 rings (SSSR count). The van der Waals surface area contributed by atoms with Crippen LogP contribution in [-0.4, -0.2) is 7.05 Å². The van der Waals surface area contributed by atoms with Gasteiger partial charge in [-0.15, -0.1) is 0 Å². The number of hydrogen-bond donors (Lipinski definition) is 1. The molecule has 1 fully saturated rings. The van der Waals surface area contributed by atoms with E-state index in [-0.39, 0.29) is 0 Å². The van der Waals surface area contributed by atoms with Gasteiger partial charge in [0, 0.05) is 15.0 Å². The summed E-state index contributed by atoms with van der Waals surface area (Å²) in [5, 5.41) is 3.43. The highest BCUT2D eigenvalue weighted by Gasteiger charge is 2.23. The third-order valence-corrected chi connectivity index (χ3v) is 4.69. The lowest BCUT2D eigenvalue weighted by molar-refractivity contribution is 0.265. The van der Waals surface area contributed by atoms with Crippen LogP contribution in [-0.2, 0) is 0 Å². The van der Waals surface area contributed by atoms with Crippen molar-refractivity contribution in [2.45, 2.75) is 31.7 Å². The van der Waals surface area contributed by atoms with Gasteiger partial charge in [-0.05, 0) is 43.1 Å². The zero-order valence-electron chi connectivity index (χ0n) is 9.47. The van der Waals surface area contributed by atoms with E-state index in [0.29, 0.717) is 6.04 Å². The van der Waals surface area contributed by atoms with Crippen LogP contribution in [0.3, 0.4) is 0 Å². The lowest BCUT2D eigenvalue weighted by atomic mass is 9.79. The summed E-state index contributed by atoms with van der Waals surface area (Å²) in [6, 6.07) is 6.87. The molecule has 88 valence electrons. The fourth-order valence-corrected chi connectivity index (χ4v) is 3.15. The minimum atomic E-state index is 0.470. The largest absolute Gasteiger partial charge is 0.313 e. The Balaban J connectivity index is 2.14. The smallest absolute Gasteiger partial charge is 0.0331 e. The SMILES string of the molecule is CNC(CC1CCC1)c1cc(Br)ccc1Br. The fraction of sp³-hybridized carbons (Fsp3) is 0.538. The molecule has 3 heteroatoms. The average molecular weight is 347 g/mol. The van der Waals surface area contributed by atoms with E-state index in [1.54, 1.807) is 0 Å². The zero-order valence-corrected chi connectivity index (χ0v) is 12.6. The molecule has 0 aromatic heterocycles. The summed E-state index contributed by atoms with van der Waals surface area (Å²) < 4.78 is 2.36. The molecule has 0 spiro atoms. The molecule has 0 bridgehead atoms. The maximum atomic E-state index is 3.64. The van der Waals surface area contributed by atoms with Gasteiger partial charge >= 0.3 is 0 Å². The molecule has 0 radical (unpaired) electrons. The van der Waals surface area contributed by atoms with Crippen LogP contribution in [0.5, 0.6) is 0 Å². The number of rotatable bonds is 4. The first-order valence-electron chi connectivity index (χ1n) is 5.83. The van der Waals surface area contributed by atoms with Crippen molar-refractivity contribution in [3.63, 3.8) is 0 Å². The molecule has 1 aliphatic carbocycles. The molecule has 0 heterocycles. The van der Waals surface area contributed by atoms with Crippen molar-refractivity contribution in [3.05, 3.63) is 32.7 Å². The quantitative estimate of drug-likeness (QED) is 0.835. The van der Waals surface area contributed by atoms with Gasteiger partial charge in [-0.25, -0.2) is 0 Å². The van der Waals surface area contributed by atoms with E-state index in [4.69, 9.17) is 0 Å². The Morgan fingerprint density at radius 2 is 2.12 bits per heavy atom. The van der Waals surface area contributed by atoms with Gasteiger partial charge in [0.05, 0.1) is 0 Å². The summed E-state index contributed by atoms with van der Waals surface area (Å²) in [5.74, 6) is 0.920. The van der Waals surface area contributed by atoms with E-state index >= 15 is 0 Å². The van der Waals surface area contributed by atoms with E-state index < -0.39 is 0 Å². The summed E-state index contributed by atoms with van der Waals surface area (Å²) in [5.41, 5.74) is 1.36. The van der Waals surface area contributed by atoms with Gasteiger partial charge in [0.15, 0.2) is 0 Å². The van der Waals surface area contributed by atoms with Crippen molar-refractivity contribution in [3.8, 4) is 0 Å². The third-order valence-electron chi connectivity index (χ3n) is 3.48. The van der Waals surface area contributed by atoms with E-state index in [2.05, 4.69) is 62.4 Å². The van der Waals surface area contributed by atoms with Crippen LogP contribution in [0.1, 0.15) is 37.3 Å². The van der Waals surface area contributed by atoms with Crippen molar-refractivity contribution in [2.24, 2.45) is 5.92 Å². The topological polar surface area (TPSA) is 12.0 Å². The summed E-state index contributed by atoms with van der Waals surface area (Å²) in [4.78, 5) is 0. The zero-order chi connectivity index (χ0) is 11.5. The van der Waals surface area contributed by atoms with E-state index in [0.717, 1.165) is 10.4 Å². The Morgan fingerprint density at radius 1 is 1.38 bits per heavy atom. The number of benzene rings is 1. The normalized spacial score (nSPS) is 18.2. The molecule has 1 atom stereocenters.